The molecule has 0 spiro atoms. The van der Waals surface area contributed by atoms with Crippen LogP contribution in [0, 0.1) is 0 Å². The molecule has 2 nitrogen and oxygen atoms in total. The van der Waals surface area contributed by atoms with Gasteiger partial charge in [0, 0.05) is 27.5 Å². The van der Waals surface area contributed by atoms with Crippen LogP contribution in [0.3, 0.4) is 0 Å². The molecule has 0 atom stereocenters. The highest BCUT2D eigenvalue weighted by Gasteiger charge is 2.18. The summed E-state index contributed by atoms with van der Waals surface area (Å²) in [6.45, 7) is 0. The molecular weight excluding hydrogens is 583 g/mol. The molecule has 0 aliphatic rings. The van der Waals surface area contributed by atoms with Crippen LogP contribution in [-0.2, 0) is 0 Å². The molecule has 0 fully saturated rings. The first-order chi connectivity index (χ1) is 23.8. The van der Waals surface area contributed by atoms with Crippen molar-refractivity contribution >= 4 is 82.1 Å². The Morgan fingerprint density at radius 3 is 1.92 bits per heavy atom. The van der Waals surface area contributed by atoms with Crippen LogP contribution in [0.2, 0.25) is 0 Å². The smallest absolute Gasteiger partial charge is 0.136 e. The maximum Gasteiger partial charge on any atom is 0.136 e. The molecule has 0 unspecified atom stereocenters. The summed E-state index contributed by atoms with van der Waals surface area (Å²) in [4.78, 5) is 2.42. The van der Waals surface area contributed by atoms with Crippen molar-refractivity contribution in [3.05, 3.63) is 176 Å². The molecule has 1 heterocycles. The molecule has 224 valence electrons. The summed E-state index contributed by atoms with van der Waals surface area (Å²) in [7, 11) is 0. The van der Waals surface area contributed by atoms with E-state index in [2.05, 4.69) is 169 Å². The number of hydrogen-bond acceptors (Lipinski definition) is 2. The average molecular weight is 612 g/mol. The van der Waals surface area contributed by atoms with Crippen LogP contribution in [-0.4, -0.2) is 0 Å². The van der Waals surface area contributed by atoms with Gasteiger partial charge in [-0.2, -0.15) is 0 Å². The third-order valence-electron chi connectivity index (χ3n) is 9.79. The van der Waals surface area contributed by atoms with Gasteiger partial charge in [-0.25, -0.2) is 0 Å². The highest BCUT2D eigenvalue weighted by molar-refractivity contribution is 6.17. The monoisotopic (exact) mass is 611 g/mol. The van der Waals surface area contributed by atoms with Gasteiger partial charge >= 0.3 is 0 Å². The van der Waals surface area contributed by atoms with Gasteiger partial charge in [0.05, 0.1) is 5.69 Å². The van der Waals surface area contributed by atoms with Gasteiger partial charge in [-0.1, -0.05) is 127 Å². The molecule has 10 rings (SSSR count). The van der Waals surface area contributed by atoms with E-state index in [-0.39, 0.29) is 0 Å². The van der Waals surface area contributed by atoms with Gasteiger partial charge in [-0.05, 0) is 97.4 Å². The zero-order valence-corrected chi connectivity index (χ0v) is 26.1. The Bertz CT molecular complexity index is 2850. The van der Waals surface area contributed by atoms with E-state index in [1.54, 1.807) is 0 Å². The standard InChI is InChI=1S/C46H29NO/c1-2-10-30(11-3-1)33-13-8-14-35(26-33)47(44-18-9-17-38-37-15-5-4-12-31(37)23-25-39(38)44)36-24-22-32-20-21-34-27-46-43(29-42(34)41(32)28-36)40-16-6-7-19-45(40)48-46/h1-29H. The summed E-state index contributed by atoms with van der Waals surface area (Å²) in [5.74, 6) is 0. The molecule has 0 amide bonds. The SMILES string of the molecule is c1ccc(-c2cccc(N(c3ccc4ccc5cc6oc7ccccc7c6cc5c4c3)c3cccc4c3ccc3ccccc34)c2)cc1. The number of benzene rings is 9. The second-order valence-corrected chi connectivity index (χ2v) is 12.5. The van der Waals surface area contributed by atoms with Crippen molar-refractivity contribution in [2.24, 2.45) is 0 Å². The fourth-order valence-corrected chi connectivity index (χ4v) is 7.50. The van der Waals surface area contributed by atoms with Crippen LogP contribution < -0.4 is 4.90 Å². The minimum Gasteiger partial charge on any atom is -0.456 e. The van der Waals surface area contributed by atoms with E-state index in [0.717, 1.165) is 39.0 Å². The van der Waals surface area contributed by atoms with Crippen LogP contribution in [0.5, 0.6) is 0 Å². The summed E-state index contributed by atoms with van der Waals surface area (Å²) in [6, 6.07) is 63.5. The molecule has 48 heavy (non-hydrogen) atoms. The van der Waals surface area contributed by atoms with Crippen LogP contribution in [0.1, 0.15) is 0 Å². The number of fused-ring (bicyclic) bond motifs is 9. The van der Waals surface area contributed by atoms with E-state index >= 15 is 0 Å². The quantitative estimate of drug-likeness (QED) is 0.184. The first-order valence-corrected chi connectivity index (χ1v) is 16.4. The van der Waals surface area contributed by atoms with Gasteiger partial charge in [0.2, 0.25) is 0 Å². The summed E-state index contributed by atoms with van der Waals surface area (Å²) >= 11 is 0. The molecule has 0 aliphatic heterocycles. The molecule has 0 N–H and O–H groups in total. The van der Waals surface area contributed by atoms with E-state index in [9.17, 15) is 0 Å². The zero-order valence-electron chi connectivity index (χ0n) is 26.1. The highest BCUT2D eigenvalue weighted by Crippen LogP contribution is 2.43. The van der Waals surface area contributed by atoms with Gasteiger partial charge in [0.15, 0.2) is 0 Å². The topological polar surface area (TPSA) is 16.4 Å². The Labute approximate surface area is 277 Å². The van der Waals surface area contributed by atoms with Crippen molar-refractivity contribution in [1.29, 1.82) is 0 Å². The second-order valence-electron chi connectivity index (χ2n) is 12.5. The first-order valence-electron chi connectivity index (χ1n) is 16.4. The molecule has 1 aromatic heterocycles. The molecule has 0 bridgehead atoms. The number of anilines is 3. The maximum absolute atomic E-state index is 6.26. The van der Waals surface area contributed by atoms with Crippen LogP contribution in [0.4, 0.5) is 17.1 Å². The Morgan fingerprint density at radius 2 is 0.979 bits per heavy atom. The Morgan fingerprint density at radius 1 is 0.312 bits per heavy atom. The largest absolute Gasteiger partial charge is 0.456 e. The lowest BCUT2D eigenvalue weighted by Gasteiger charge is -2.28. The van der Waals surface area contributed by atoms with Gasteiger partial charge < -0.3 is 9.32 Å². The lowest BCUT2D eigenvalue weighted by Crippen LogP contribution is -2.10. The van der Waals surface area contributed by atoms with Crippen molar-refractivity contribution in [2.45, 2.75) is 0 Å². The normalized spacial score (nSPS) is 11.8. The minimum atomic E-state index is 0.917. The van der Waals surface area contributed by atoms with Crippen molar-refractivity contribution < 1.29 is 4.42 Å². The number of hydrogen-bond donors (Lipinski definition) is 0. The number of furan rings is 1. The van der Waals surface area contributed by atoms with Gasteiger partial charge in [-0.3, -0.25) is 0 Å². The van der Waals surface area contributed by atoms with Crippen molar-refractivity contribution in [3.63, 3.8) is 0 Å². The van der Waals surface area contributed by atoms with E-state index in [1.165, 1.54) is 54.2 Å². The Kier molecular flexibility index (Phi) is 5.91. The van der Waals surface area contributed by atoms with E-state index in [1.807, 2.05) is 12.1 Å². The maximum atomic E-state index is 6.26. The van der Waals surface area contributed by atoms with E-state index in [0.29, 0.717) is 0 Å². The van der Waals surface area contributed by atoms with Crippen LogP contribution >= 0.6 is 0 Å². The van der Waals surface area contributed by atoms with E-state index < -0.39 is 0 Å². The molecule has 0 radical (unpaired) electrons. The summed E-state index contributed by atoms with van der Waals surface area (Å²) in [5.41, 5.74) is 7.58. The summed E-state index contributed by atoms with van der Waals surface area (Å²) < 4.78 is 6.26. The molecule has 0 aliphatic carbocycles. The molecule has 0 saturated heterocycles. The van der Waals surface area contributed by atoms with Crippen LogP contribution in [0.15, 0.2) is 180 Å². The molecule has 0 saturated carbocycles. The predicted molar refractivity (Wildman–Crippen MR) is 204 cm³/mol. The number of para-hydroxylation sites is 1. The highest BCUT2D eigenvalue weighted by atomic mass is 16.3. The second kappa shape index (κ2) is 10.6. The zero-order chi connectivity index (χ0) is 31.6. The van der Waals surface area contributed by atoms with Crippen molar-refractivity contribution in [1.82, 2.24) is 0 Å². The molecular formula is C46H29NO. The molecule has 2 heteroatoms. The lowest BCUT2D eigenvalue weighted by molar-refractivity contribution is 0.669. The number of rotatable bonds is 4. The summed E-state index contributed by atoms with van der Waals surface area (Å²) in [5, 5.41) is 12.1. The third kappa shape index (κ3) is 4.20. The summed E-state index contributed by atoms with van der Waals surface area (Å²) in [6.07, 6.45) is 0. The van der Waals surface area contributed by atoms with Gasteiger partial charge in [-0.15, -0.1) is 0 Å². The third-order valence-corrected chi connectivity index (χ3v) is 9.79. The fourth-order valence-electron chi connectivity index (χ4n) is 7.50. The van der Waals surface area contributed by atoms with Crippen molar-refractivity contribution in [2.75, 3.05) is 4.90 Å². The fraction of sp³-hybridized carbons (Fsp3) is 0. The van der Waals surface area contributed by atoms with Gasteiger partial charge in [0.25, 0.3) is 0 Å². The first kappa shape index (κ1) is 26.8. The Balaban J connectivity index is 1.25. The lowest BCUT2D eigenvalue weighted by atomic mass is 9.97. The van der Waals surface area contributed by atoms with Crippen molar-refractivity contribution in [3.8, 4) is 11.1 Å². The van der Waals surface area contributed by atoms with Gasteiger partial charge in [0.1, 0.15) is 11.2 Å². The molecule has 9 aromatic carbocycles. The van der Waals surface area contributed by atoms with E-state index in [4.69, 9.17) is 4.42 Å². The average Bonchev–Trinajstić information content (AvgIpc) is 3.52. The molecule has 10 aromatic rings. The number of nitrogens with zero attached hydrogens (tertiary/aromatic N) is 1. The van der Waals surface area contributed by atoms with Crippen LogP contribution in [0.25, 0.3) is 76.2 Å². The Hall–Kier alpha value is -6.38. The minimum absolute atomic E-state index is 0.917. The predicted octanol–water partition coefficient (Wildman–Crippen LogP) is 13.3.